The summed E-state index contributed by atoms with van der Waals surface area (Å²) in [6, 6.07) is 5.75. The summed E-state index contributed by atoms with van der Waals surface area (Å²) in [6.07, 6.45) is 7.66. The van der Waals surface area contributed by atoms with Gasteiger partial charge < -0.3 is 30.8 Å². The van der Waals surface area contributed by atoms with Crippen molar-refractivity contribution in [1.82, 2.24) is 9.88 Å². The first-order valence-corrected chi connectivity index (χ1v) is 14.6. The van der Waals surface area contributed by atoms with E-state index in [9.17, 15) is 23.9 Å². The predicted molar refractivity (Wildman–Crippen MR) is 157 cm³/mol. The Kier molecular flexibility index (Phi) is 10.3. The Bertz CT molecular complexity index is 1220. The number of H-pyrrole nitrogens is 1. The number of aromatic carboxylic acids is 1. The van der Waals surface area contributed by atoms with Crippen molar-refractivity contribution in [2.45, 2.75) is 76.0 Å². The van der Waals surface area contributed by atoms with Crippen LogP contribution in [0, 0.1) is 23.7 Å². The van der Waals surface area contributed by atoms with Gasteiger partial charge in [0.05, 0.1) is 6.10 Å². The SMILES string of the molecule is COC1CCC([C@@H]2CCN(C(=O)C3CCC([C@H](N)CF)CC3)[C@@H]2C(=O)Nc2ccc3[nH]c(C(=O)O)cc3c2)CC1.Cl. The van der Waals surface area contributed by atoms with Crippen molar-refractivity contribution >= 4 is 46.8 Å². The van der Waals surface area contributed by atoms with Gasteiger partial charge in [-0.05, 0) is 99.8 Å². The number of likely N-dealkylation sites (tertiary alicyclic amines) is 1. The Hall–Kier alpha value is -2.69. The fourth-order valence-electron chi connectivity index (χ4n) is 7.34. The minimum Gasteiger partial charge on any atom is -0.477 e. The summed E-state index contributed by atoms with van der Waals surface area (Å²) in [5.41, 5.74) is 7.25. The topological polar surface area (TPSA) is 138 Å². The molecule has 9 nitrogen and oxygen atoms in total. The number of ether oxygens (including phenoxy) is 1. The van der Waals surface area contributed by atoms with Crippen LogP contribution in [0.5, 0.6) is 0 Å². The van der Waals surface area contributed by atoms with Gasteiger partial charge in [0, 0.05) is 42.2 Å². The second-order valence-corrected chi connectivity index (χ2v) is 11.9. The van der Waals surface area contributed by atoms with Gasteiger partial charge in [-0.3, -0.25) is 9.59 Å². The van der Waals surface area contributed by atoms with Crippen molar-refractivity contribution in [2.75, 3.05) is 25.6 Å². The lowest BCUT2D eigenvalue weighted by atomic mass is 9.75. The smallest absolute Gasteiger partial charge is 0.352 e. The number of aromatic amines is 1. The zero-order chi connectivity index (χ0) is 28.4. The summed E-state index contributed by atoms with van der Waals surface area (Å²) < 4.78 is 18.7. The van der Waals surface area contributed by atoms with Gasteiger partial charge in [-0.15, -0.1) is 12.4 Å². The normalized spacial score (nSPS) is 29.1. The summed E-state index contributed by atoms with van der Waals surface area (Å²) in [5, 5.41) is 13.0. The molecule has 226 valence electrons. The zero-order valence-corrected chi connectivity index (χ0v) is 24.3. The van der Waals surface area contributed by atoms with E-state index in [0.29, 0.717) is 41.9 Å². The lowest BCUT2D eigenvalue weighted by Gasteiger charge is -2.37. The van der Waals surface area contributed by atoms with E-state index < -0.39 is 24.7 Å². The summed E-state index contributed by atoms with van der Waals surface area (Å²) in [4.78, 5) is 43.8. The van der Waals surface area contributed by atoms with Crippen LogP contribution in [0.4, 0.5) is 10.1 Å². The molecule has 5 rings (SSSR count). The average molecular weight is 593 g/mol. The second-order valence-electron chi connectivity index (χ2n) is 11.9. The number of carboxylic acids is 1. The van der Waals surface area contributed by atoms with Crippen LogP contribution in [0.15, 0.2) is 24.3 Å². The molecule has 1 aromatic carbocycles. The van der Waals surface area contributed by atoms with Gasteiger partial charge in [0.2, 0.25) is 11.8 Å². The standard InChI is InChI=1S/C30H41FN4O5.ClH/c1-40-22-9-6-17(7-10-22)23-12-13-35(29(37)19-4-2-18(3-5-19)24(32)16-31)27(23)28(36)33-21-8-11-25-20(14-21)15-26(34-25)30(38)39;/h8,11,14-15,17-19,22-24,27,34H,2-7,9-10,12-13,16,32H2,1H3,(H,33,36)(H,38,39);1H/t17?,18?,19?,22?,23-,24+,27-;/m0./s1. The van der Waals surface area contributed by atoms with Crippen molar-refractivity contribution in [2.24, 2.45) is 29.4 Å². The van der Waals surface area contributed by atoms with Gasteiger partial charge in [0.25, 0.3) is 0 Å². The Morgan fingerprint density at radius 2 is 1.80 bits per heavy atom. The van der Waals surface area contributed by atoms with Gasteiger partial charge in [-0.25, -0.2) is 9.18 Å². The van der Waals surface area contributed by atoms with Crippen LogP contribution in [0.1, 0.15) is 68.3 Å². The number of halogens is 2. The number of carbonyl (C=O) groups is 3. The van der Waals surface area contributed by atoms with Crippen LogP contribution in [-0.4, -0.2) is 71.3 Å². The van der Waals surface area contributed by atoms with Gasteiger partial charge in [-0.2, -0.15) is 0 Å². The van der Waals surface area contributed by atoms with Crippen molar-refractivity contribution in [3.63, 3.8) is 0 Å². The maximum Gasteiger partial charge on any atom is 0.352 e. The highest BCUT2D eigenvalue weighted by Crippen LogP contribution is 2.42. The molecule has 1 aromatic heterocycles. The monoisotopic (exact) mass is 592 g/mol. The van der Waals surface area contributed by atoms with Crippen LogP contribution in [0.3, 0.4) is 0 Å². The van der Waals surface area contributed by atoms with E-state index in [4.69, 9.17) is 10.5 Å². The minimum atomic E-state index is -1.05. The Morgan fingerprint density at radius 1 is 1.10 bits per heavy atom. The molecule has 2 saturated carbocycles. The Morgan fingerprint density at radius 3 is 2.44 bits per heavy atom. The molecular weight excluding hydrogens is 551 g/mol. The van der Waals surface area contributed by atoms with E-state index in [-0.39, 0.29) is 53.8 Å². The van der Waals surface area contributed by atoms with E-state index >= 15 is 0 Å². The molecule has 41 heavy (non-hydrogen) atoms. The highest BCUT2D eigenvalue weighted by Gasteiger charge is 2.47. The number of hydrogen-bond acceptors (Lipinski definition) is 5. The molecule has 5 N–H and O–H groups in total. The van der Waals surface area contributed by atoms with Crippen molar-refractivity contribution in [1.29, 1.82) is 0 Å². The number of nitrogens with zero attached hydrogens (tertiary/aromatic N) is 1. The van der Waals surface area contributed by atoms with E-state index in [1.54, 1.807) is 36.3 Å². The number of alkyl halides is 1. The van der Waals surface area contributed by atoms with E-state index in [1.165, 1.54) is 0 Å². The molecule has 2 heterocycles. The molecule has 0 bridgehead atoms. The molecule has 0 spiro atoms. The first kappa shape index (κ1) is 31.3. The number of benzene rings is 1. The summed E-state index contributed by atoms with van der Waals surface area (Å²) in [5.74, 6) is -0.906. The van der Waals surface area contributed by atoms with Crippen LogP contribution in [0.25, 0.3) is 10.9 Å². The molecule has 2 amide bonds. The maximum atomic E-state index is 13.9. The van der Waals surface area contributed by atoms with Crippen molar-refractivity contribution in [3.05, 3.63) is 30.0 Å². The number of nitrogens with one attached hydrogen (secondary N) is 2. The molecule has 0 radical (unpaired) electrons. The summed E-state index contributed by atoms with van der Waals surface area (Å²) >= 11 is 0. The fourth-order valence-corrected chi connectivity index (χ4v) is 7.34. The molecule has 3 fully saturated rings. The van der Waals surface area contributed by atoms with Crippen LogP contribution >= 0.6 is 12.4 Å². The largest absolute Gasteiger partial charge is 0.477 e. The molecule has 2 aliphatic carbocycles. The number of amides is 2. The number of carbonyl (C=O) groups excluding carboxylic acids is 2. The summed E-state index contributed by atoms with van der Waals surface area (Å²) in [6.45, 7) is 0.00530. The predicted octanol–water partition coefficient (Wildman–Crippen LogP) is 4.75. The second kappa shape index (κ2) is 13.5. The number of rotatable bonds is 8. The molecule has 11 heteroatoms. The van der Waals surface area contributed by atoms with Gasteiger partial charge in [-0.1, -0.05) is 0 Å². The molecule has 1 saturated heterocycles. The number of nitrogens with two attached hydrogens (primary N) is 1. The molecule has 3 aliphatic rings. The number of fused-ring (bicyclic) bond motifs is 1. The summed E-state index contributed by atoms with van der Waals surface area (Å²) in [7, 11) is 1.74. The Balaban J connectivity index is 0.00000387. The van der Waals surface area contributed by atoms with E-state index in [0.717, 1.165) is 44.9 Å². The quantitative estimate of drug-likeness (QED) is 0.349. The third kappa shape index (κ3) is 6.70. The van der Waals surface area contributed by atoms with Crippen LogP contribution in [0.2, 0.25) is 0 Å². The zero-order valence-electron chi connectivity index (χ0n) is 23.5. The third-order valence-electron chi connectivity index (χ3n) is 9.68. The number of hydrogen-bond donors (Lipinski definition) is 4. The number of carboxylic acid groups (broad SMARTS) is 1. The maximum absolute atomic E-state index is 13.9. The molecule has 1 aliphatic heterocycles. The molecule has 0 unspecified atom stereocenters. The van der Waals surface area contributed by atoms with Crippen LogP contribution < -0.4 is 11.1 Å². The first-order valence-electron chi connectivity index (χ1n) is 14.6. The molecule has 2 aromatic rings. The number of anilines is 1. The van der Waals surface area contributed by atoms with Crippen molar-refractivity contribution < 1.29 is 28.6 Å². The van der Waals surface area contributed by atoms with Crippen molar-refractivity contribution in [3.8, 4) is 0 Å². The van der Waals surface area contributed by atoms with Crippen LogP contribution in [-0.2, 0) is 14.3 Å². The average Bonchev–Trinajstić information content (AvgIpc) is 3.61. The number of aromatic nitrogens is 1. The fraction of sp³-hybridized carbons (Fsp3) is 0.633. The molecule has 3 atom stereocenters. The van der Waals surface area contributed by atoms with E-state index in [1.807, 2.05) is 0 Å². The van der Waals surface area contributed by atoms with Gasteiger partial charge in [0.1, 0.15) is 18.4 Å². The Labute approximate surface area is 246 Å². The third-order valence-corrected chi connectivity index (χ3v) is 9.68. The lowest BCUT2D eigenvalue weighted by Crippen LogP contribution is -2.50. The molecular formula is C30H42ClFN4O5. The van der Waals surface area contributed by atoms with Gasteiger partial charge >= 0.3 is 5.97 Å². The highest BCUT2D eigenvalue weighted by molar-refractivity contribution is 6.00. The number of methoxy groups -OCH3 is 1. The first-order chi connectivity index (χ1) is 19.3. The lowest BCUT2D eigenvalue weighted by molar-refractivity contribution is -0.142. The van der Waals surface area contributed by atoms with E-state index in [2.05, 4.69) is 10.3 Å². The minimum absolute atomic E-state index is 0. The highest BCUT2D eigenvalue weighted by atomic mass is 35.5. The van der Waals surface area contributed by atoms with Gasteiger partial charge in [0.15, 0.2) is 0 Å².